The third-order valence-electron chi connectivity index (χ3n) is 1.45. The Balaban J connectivity index is 4.52. The monoisotopic (exact) mass is 147 g/mol. The lowest BCUT2D eigenvalue weighted by atomic mass is 10.1. The quantitative estimate of drug-likeness (QED) is 0.444. The predicted octanol–water partition coefficient (Wildman–Crippen LogP) is 2.98. The lowest BCUT2D eigenvalue weighted by Gasteiger charge is -1.93. The van der Waals surface area contributed by atoms with Crippen molar-refractivity contribution < 1.29 is 0 Å². The molecule has 0 heterocycles. The molecule has 0 aromatic heterocycles. The van der Waals surface area contributed by atoms with E-state index in [4.69, 9.17) is 5.26 Å². The third kappa shape index (κ3) is 3.42. The lowest BCUT2D eigenvalue weighted by molar-refractivity contribution is 1.15. The van der Waals surface area contributed by atoms with Crippen molar-refractivity contribution in [3.05, 3.63) is 36.0 Å². The van der Waals surface area contributed by atoms with E-state index in [2.05, 4.69) is 12.6 Å². The van der Waals surface area contributed by atoms with Crippen LogP contribution in [0.3, 0.4) is 0 Å². The summed E-state index contributed by atoms with van der Waals surface area (Å²) in [7, 11) is 0. The molecule has 0 bridgehead atoms. The molecule has 11 heavy (non-hydrogen) atoms. The van der Waals surface area contributed by atoms with Gasteiger partial charge in [0, 0.05) is 5.57 Å². The smallest absolute Gasteiger partial charge is 0.0988 e. The van der Waals surface area contributed by atoms with Gasteiger partial charge in [0.25, 0.3) is 0 Å². The molecule has 1 heteroatoms. The Morgan fingerprint density at radius 2 is 2.27 bits per heavy atom. The van der Waals surface area contributed by atoms with E-state index in [1.54, 1.807) is 12.2 Å². The highest BCUT2D eigenvalue weighted by Gasteiger charge is 1.89. The zero-order chi connectivity index (χ0) is 8.69. The van der Waals surface area contributed by atoms with Crippen LogP contribution in [0, 0.1) is 11.3 Å². The number of hydrogen-bond acceptors (Lipinski definition) is 1. The number of nitrogens with zero attached hydrogens (tertiary/aromatic N) is 1. The predicted molar refractivity (Wildman–Crippen MR) is 47.9 cm³/mol. The van der Waals surface area contributed by atoms with Gasteiger partial charge in [-0.05, 0) is 25.0 Å². The van der Waals surface area contributed by atoms with Gasteiger partial charge in [-0.15, -0.1) is 0 Å². The summed E-state index contributed by atoms with van der Waals surface area (Å²) in [5.74, 6) is 0. The topological polar surface area (TPSA) is 23.8 Å². The average molecular weight is 147 g/mol. The van der Waals surface area contributed by atoms with Gasteiger partial charge >= 0.3 is 0 Å². The fraction of sp³-hybridized carbons (Fsp3) is 0.300. The van der Waals surface area contributed by atoms with E-state index in [1.165, 1.54) is 0 Å². The van der Waals surface area contributed by atoms with Crippen molar-refractivity contribution in [2.75, 3.05) is 0 Å². The van der Waals surface area contributed by atoms with Crippen molar-refractivity contribution in [1.82, 2.24) is 0 Å². The van der Waals surface area contributed by atoms with E-state index in [9.17, 15) is 0 Å². The normalized spacial score (nSPS) is 12.5. The summed E-state index contributed by atoms with van der Waals surface area (Å²) < 4.78 is 0. The minimum absolute atomic E-state index is 0.696. The van der Waals surface area contributed by atoms with Gasteiger partial charge in [-0.1, -0.05) is 25.7 Å². The molecule has 58 valence electrons. The molecule has 0 aromatic carbocycles. The summed E-state index contributed by atoms with van der Waals surface area (Å²) >= 11 is 0. The fourth-order valence-corrected chi connectivity index (χ4v) is 0.685. The molecule has 0 N–H and O–H groups in total. The van der Waals surface area contributed by atoms with Crippen molar-refractivity contribution in [2.45, 2.75) is 20.3 Å². The van der Waals surface area contributed by atoms with Gasteiger partial charge in [-0.3, -0.25) is 0 Å². The van der Waals surface area contributed by atoms with Crippen LogP contribution in [-0.2, 0) is 0 Å². The van der Waals surface area contributed by atoms with Crippen molar-refractivity contribution in [1.29, 1.82) is 5.26 Å². The molecule has 0 rings (SSSR count). The second kappa shape index (κ2) is 5.49. The highest BCUT2D eigenvalue weighted by Crippen LogP contribution is 2.06. The van der Waals surface area contributed by atoms with Gasteiger partial charge in [0.1, 0.15) is 0 Å². The molecule has 0 saturated carbocycles. The minimum atomic E-state index is 0.696. The average Bonchev–Trinajstić information content (AvgIpc) is 2.07. The molecular weight excluding hydrogens is 134 g/mol. The fourth-order valence-electron chi connectivity index (χ4n) is 0.685. The highest BCUT2D eigenvalue weighted by molar-refractivity contribution is 5.37. The van der Waals surface area contributed by atoms with Crippen molar-refractivity contribution >= 4 is 0 Å². The molecule has 0 radical (unpaired) electrons. The van der Waals surface area contributed by atoms with E-state index in [-0.39, 0.29) is 0 Å². The zero-order valence-electron chi connectivity index (χ0n) is 7.09. The summed E-state index contributed by atoms with van der Waals surface area (Å²) in [6, 6.07) is 2.09. The SMILES string of the molecule is C=C/C(=C\C(C#N)=C/C)CC. The maximum atomic E-state index is 8.57. The minimum Gasteiger partial charge on any atom is -0.192 e. The summed E-state index contributed by atoms with van der Waals surface area (Å²) in [6.45, 7) is 7.54. The zero-order valence-corrected chi connectivity index (χ0v) is 7.09. The van der Waals surface area contributed by atoms with E-state index in [0.29, 0.717) is 5.57 Å². The number of hydrogen-bond donors (Lipinski definition) is 0. The Bertz CT molecular complexity index is 226. The molecule has 0 fully saturated rings. The standard InChI is InChI=1S/C10H13N/c1-4-9(5-2)7-10(6-3)8-11/h4,6-7H,1,5H2,2-3H3/b9-7+,10-6+. The maximum absolute atomic E-state index is 8.57. The first-order valence-electron chi connectivity index (χ1n) is 3.67. The van der Waals surface area contributed by atoms with Gasteiger partial charge in [0.15, 0.2) is 0 Å². The first kappa shape index (κ1) is 9.71. The number of rotatable bonds is 3. The largest absolute Gasteiger partial charge is 0.192 e. The number of allylic oxidation sites excluding steroid dienone is 5. The first-order chi connectivity index (χ1) is 5.28. The van der Waals surface area contributed by atoms with Gasteiger partial charge in [-0.25, -0.2) is 0 Å². The van der Waals surface area contributed by atoms with Crippen LogP contribution in [0.25, 0.3) is 0 Å². The van der Waals surface area contributed by atoms with Crippen LogP contribution < -0.4 is 0 Å². The van der Waals surface area contributed by atoms with Crippen LogP contribution in [0.2, 0.25) is 0 Å². The summed E-state index contributed by atoms with van der Waals surface area (Å²) in [5.41, 5.74) is 1.79. The molecule has 0 atom stereocenters. The molecule has 0 unspecified atom stereocenters. The van der Waals surface area contributed by atoms with Crippen LogP contribution in [-0.4, -0.2) is 0 Å². The number of nitriles is 1. The van der Waals surface area contributed by atoms with Crippen molar-refractivity contribution in [3.63, 3.8) is 0 Å². The van der Waals surface area contributed by atoms with Gasteiger partial charge in [-0.2, -0.15) is 5.26 Å². The van der Waals surface area contributed by atoms with Crippen LogP contribution >= 0.6 is 0 Å². The molecular formula is C10H13N. The second-order valence-electron chi connectivity index (χ2n) is 2.13. The maximum Gasteiger partial charge on any atom is 0.0988 e. The van der Waals surface area contributed by atoms with Crippen LogP contribution in [0.4, 0.5) is 0 Å². The molecule has 0 saturated heterocycles. The Kier molecular flexibility index (Phi) is 4.85. The molecule has 0 aliphatic rings. The molecule has 0 amide bonds. The Morgan fingerprint density at radius 1 is 1.64 bits per heavy atom. The molecule has 0 aromatic rings. The molecule has 0 aliphatic carbocycles. The van der Waals surface area contributed by atoms with E-state index < -0.39 is 0 Å². The Hall–Kier alpha value is -1.29. The van der Waals surface area contributed by atoms with Crippen molar-refractivity contribution in [2.24, 2.45) is 0 Å². The van der Waals surface area contributed by atoms with E-state index in [1.807, 2.05) is 19.9 Å². The second-order valence-corrected chi connectivity index (χ2v) is 2.13. The summed E-state index contributed by atoms with van der Waals surface area (Å²) in [4.78, 5) is 0. The van der Waals surface area contributed by atoms with Gasteiger partial charge < -0.3 is 0 Å². The molecule has 0 spiro atoms. The highest BCUT2D eigenvalue weighted by atomic mass is 14.2. The molecule has 0 aliphatic heterocycles. The molecule has 1 nitrogen and oxygen atoms in total. The van der Waals surface area contributed by atoms with Crippen LogP contribution in [0.1, 0.15) is 20.3 Å². The lowest BCUT2D eigenvalue weighted by Crippen LogP contribution is -1.76. The van der Waals surface area contributed by atoms with Gasteiger partial charge in [0.2, 0.25) is 0 Å². The Morgan fingerprint density at radius 3 is 2.55 bits per heavy atom. The third-order valence-corrected chi connectivity index (χ3v) is 1.45. The first-order valence-corrected chi connectivity index (χ1v) is 3.67. The van der Waals surface area contributed by atoms with Crippen LogP contribution in [0.5, 0.6) is 0 Å². The van der Waals surface area contributed by atoms with E-state index >= 15 is 0 Å². The summed E-state index contributed by atoms with van der Waals surface area (Å²) in [6.07, 6.45) is 6.34. The van der Waals surface area contributed by atoms with Gasteiger partial charge in [0.05, 0.1) is 6.07 Å². The van der Waals surface area contributed by atoms with E-state index in [0.717, 1.165) is 12.0 Å². The van der Waals surface area contributed by atoms with Crippen LogP contribution in [0.15, 0.2) is 36.0 Å². The Labute approximate surface area is 68.3 Å². The summed E-state index contributed by atoms with van der Waals surface area (Å²) in [5, 5.41) is 8.57. The van der Waals surface area contributed by atoms with Crippen molar-refractivity contribution in [3.8, 4) is 6.07 Å².